The van der Waals surface area contributed by atoms with Gasteiger partial charge < -0.3 is 10.2 Å². The molecule has 4 atom stereocenters. The Bertz CT molecular complexity index is 679. The molecule has 0 aromatic heterocycles. The van der Waals surface area contributed by atoms with Crippen LogP contribution in [-0.2, 0) is 4.79 Å². The Labute approximate surface area is 179 Å². The summed E-state index contributed by atoms with van der Waals surface area (Å²) in [5.74, 6) is 0.660. The van der Waals surface area contributed by atoms with E-state index in [1.54, 1.807) is 12.1 Å². The number of hydrazine groups is 1. The molecule has 3 fully saturated rings. The van der Waals surface area contributed by atoms with Crippen LogP contribution >= 0.6 is 12.4 Å². The maximum Gasteiger partial charge on any atom is 0.222 e. The first-order chi connectivity index (χ1) is 13.6. The minimum Gasteiger partial charge on any atom is -0.346 e. The highest BCUT2D eigenvalue weighted by molar-refractivity contribution is 5.85. The standard InChI is InChI=1S/C22H33FN4O.ClH/c1-27(22(28)12-15-10-18-7-8-19(11-15)24-18)9-3-6-20-14-21(26-25-20)16-4-2-5-17(23)13-16;/h2,4-5,13,15,18-21,24-26H,3,6-12,14H2,1H3;1H. The van der Waals surface area contributed by atoms with Crippen LogP contribution in [0.15, 0.2) is 24.3 Å². The molecule has 162 valence electrons. The van der Waals surface area contributed by atoms with E-state index >= 15 is 0 Å². The van der Waals surface area contributed by atoms with Crippen LogP contribution in [0.2, 0.25) is 0 Å². The van der Waals surface area contributed by atoms with Crippen molar-refractivity contribution in [2.45, 2.75) is 75.5 Å². The molecule has 1 aromatic rings. The van der Waals surface area contributed by atoms with Crippen molar-refractivity contribution in [3.8, 4) is 0 Å². The van der Waals surface area contributed by atoms with Crippen LogP contribution in [0.4, 0.5) is 4.39 Å². The number of amides is 1. The Morgan fingerprint density at radius 3 is 2.66 bits per heavy atom. The maximum absolute atomic E-state index is 13.4. The zero-order chi connectivity index (χ0) is 19.5. The van der Waals surface area contributed by atoms with Crippen LogP contribution in [0, 0.1) is 11.7 Å². The zero-order valence-corrected chi connectivity index (χ0v) is 18.0. The fourth-order valence-corrected chi connectivity index (χ4v) is 5.20. The largest absolute Gasteiger partial charge is 0.346 e. The lowest BCUT2D eigenvalue weighted by Crippen LogP contribution is -2.40. The molecule has 4 unspecified atom stereocenters. The van der Waals surface area contributed by atoms with Gasteiger partial charge in [0.1, 0.15) is 5.82 Å². The van der Waals surface area contributed by atoms with E-state index in [1.807, 2.05) is 18.0 Å². The molecule has 0 aliphatic carbocycles. The average molecular weight is 425 g/mol. The van der Waals surface area contributed by atoms with Crippen molar-refractivity contribution in [2.24, 2.45) is 5.92 Å². The predicted octanol–water partition coefficient (Wildman–Crippen LogP) is 3.31. The molecule has 4 rings (SSSR count). The molecule has 3 saturated heterocycles. The quantitative estimate of drug-likeness (QED) is 0.628. The van der Waals surface area contributed by atoms with Crippen LogP contribution in [0.1, 0.15) is 63.0 Å². The first kappa shape index (κ1) is 22.5. The highest BCUT2D eigenvalue weighted by Crippen LogP contribution is 2.33. The van der Waals surface area contributed by atoms with Crippen molar-refractivity contribution in [1.29, 1.82) is 0 Å². The molecule has 2 bridgehead atoms. The van der Waals surface area contributed by atoms with Gasteiger partial charge >= 0.3 is 0 Å². The van der Waals surface area contributed by atoms with E-state index in [4.69, 9.17) is 0 Å². The lowest BCUT2D eigenvalue weighted by atomic mass is 9.89. The van der Waals surface area contributed by atoms with Crippen LogP contribution in [0.5, 0.6) is 0 Å². The summed E-state index contributed by atoms with van der Waals surface area (Å²) in [7, 11) is 1.94. The van der Waals surface area contributed by atoms with Crippen molar-refractivity contribution in [3.63, 3.8) is 0 Å². The summed E-state index contributed by atoms with van der Waals surface area (Å²) in [6.45, 7) is 0.805. The number of fused-ring (bicyclic) bond motifs is 2. The Balaban J connectivity index is 0.00000240. The predicted molar refractivity (Wildman–Crippen MR) is 115 cm³/mol. The zero-order valence-electron chi connectivity index (χ0n) is 17.2. The molecule has 5 nitrogen and oxygen atoms in total. The minimum atomic E-state index is -0.190. The third kappa shape index (κ3) is 5.91. The van der Waals surface area contributed by atoms with Gasteiger partial charge in [-0.15, -0.1) is 12.4 Å². The number of carbonyl (C=O) groups is 1. The van der Waals surface area contributed by atoms with E-state index in [0.29, 0.717) is 36.4 Å². The lowest BCUT2D eigenvalue weighted by Gasteiger charge is -2.30. The highest BCUT2D eigenvalue weighted by atomic mass is 35.5. The second-order valence-corrected chi connectivity index (χ2v) is 8.97. The molecule has 3 heterocycles. The van der Waals surface area contributed by atoms with E-state index in [2.05, 4.69) is 16.2 Å². The SMILES string of the molecule is CN(CCCC1CC(c2cccc(F)c2)NN1)C(=O)CC1CC2CCC(C1)N2.Cl. The van der Waals surface area contributed by atoms with Gasteiger partial charge in [-0.3, -0.25) is 15.6 Å². The summed E-state index contributed by atoms with van der Waals surface area (Å²) in [6, 6.07) is 8.60. The molecule has 29 heavy (non-hydrogen) atoms. The number of halogens is 2. The van der Waals surface area contributed by atoms with Crippen molar-refractivity contribution in [1.82, 2.24) is 21.1 Å². The maximum atomic E-state index is 13.4. The topological polar surface area (TPSA) is 56.4 Å². The number of nitrogens with one attached hydrogen (secondary N) is 3. The van der Waals surface area contributed by atoms with Crippen LogP contribution < -0.4 is 16.2 Å². The molecule has 7 heteroatoms. The molecule has 1 amide bonds. The smallest absolute Gasteiger partial charge is 0.222 e. The molecular weight excluding hydrogens is 391 g/mol. The number of piperidine rings is 1. The summed E-state index contributed by atoms with van der Waals surface area (Å²) >= 11 is 0. The number of carbonyl (C=O) groups excluding carboxylic acids is 1. The van der Waals surface area contributed by atoms with Gasteiger partial charge in [0.05, 0.1) is 0 Å². The van der Waals surface area contributed by atoms with Gasteiger partial charge in [0.25, 0.3) is 0 Å². The van der Waals surface area contributed by atoms with Crippen LogP contribution in [0.25, 0.3) is 0 Å². The van der Waals surface area contributed by atoms with E-state index in [-0.39, 0.29) is 24.3 Å². The van der Waals surface area contributed by atoms with E-state index in [9.17, 15) is 9.18 Å². The third-order valence-electron chi connectivity index (χ3n) is 6.74. The normalized spacial score (nSPS) is 30.8. The second-order valence-electron chi connectivity index (χ2n) is 8.97. The van der Waals surface area contributed by atoms with Gasteiger partial charge in [0.2, 0.25) is 5.91 Å². The monoisotopic (exact) mass is 424 g/mol. The first-order valence-corrected chi connectivity index (χ1v) is 10.8. The van der Waals surface area contributed by atoms with Gasteiger partial charge in [-0.1, -0.05) is 12.1 Å². The fourth-order valence-electron chi connectivity index (χ4n) is 5.20. The molecule has 0 saturated carbocycles. The molecule has 3 N–H and O–H groups in total. The summed E-state index contributed by atoms with van der Waals surface area (Å²) in [4.78, 5) is 14.5. The Hall–Kier alpha value is -1.21. The van der Waals surface area contributed by atoms with E-state index in [0.717, 1.165) is 44.2 Å². The summed E-state index contributed by atoms with van der Waals surface area (Å²) in [5.41, 5.74) is 7.59. The molecule has 3 aliphatic rings. The number of hydrogen-bond donors (Lipinski definition) is 3. The Morgan fingerprint density at radius 1 is 1.17 bits per heavy atom. The fraction of sp³-hybridized carbons (Fsp3) is 0.682. The van der Waals surface area contributed by atoms with E-state index in [1.165, 1.54) is 18.9 Å². The van der Waals surface area contributed by atoms with E-state index < -0.39 is 0 Å². The first-order valence-electron chi connectivity index (χ1n) is 10.8. The summed E-state index contributed by atoms with van der Waals surface area (Å²) in [5, 5.41) is 3.65. The van der Waals surface area contributed by atoms with Crippen LogP contribution in [0.3, 0.4) is 0 Å². The van der Waals surface area contributed by atoms with Gasteiger partial charge in [-0.05, 0) is 68.6 Å². The average Bonchev–Trinajstić information content (AvgIpc) is 3.28. The highest BCUT2D eigenvalue weighted by Gasteiger charge is 2.34. The van der Waals surface area contributed by atoms with Crippen molar-refractivity contribution in [2.75, 3.05) is 13.6 Å². The second kappa shape index (κ2) is 10.2. The molecule has 1 aromatic carbocycles. The number of benzene rings is 1. The molecule has 3 aliphatic heterocycles. The molecular formula is C22H34ClFN4O. The number of nitrogens with zero attached hydrogens (tertiary/aromatic N) is 1. The third-order valence-corrected chi connectivity index (χ3v) is 6.74. The molecule has 0 radical (unpaired) electrons. The summed E-state index contributed by atoms with van der Waals surface area (Å²) < 4.78 is 13.4. The van der Waals surface area contributed by atoms with Gasteiger partial charge in [-0.2, -0.15) is 0 Å². The number of hydrogen-bond acceptors (Lipinski definition) is 4. The van der Waals surface area contributed by atoms with Gasteiger partial charge in [0.15, 0.2) is 0 Å². The van der Waals surface area contributed by atoms with Gasteiger partial charge in [-0.25, -0.2) is 4.39 Å². The summed E-state index contributed by atoms with van der Waals surface area (Å²) in [6.07, 6.45) is 8.52. The van der Waals surface area contributed by atoms with Gasteiger partial charge in [0, 0.05) is 44.2 Å². The Kier molecular flexibility index (Phi) is 7.91. The van der Waals surface area contributed by atoms with Crippen LogP contribution in [-0.4, -0.2) is 42.5 Å². The van der Waals surface area contributed by atoms with Crippen molar-refractivity contribution < 1.29 is 9.18 Å². The molecule has 0 spiro atoms. The minimum absolute atomic E-state index is 0. The van der Waals surface area contributed by atoms with Crippen molar-refractivity contribution >= 4 is 18.3 Å². The van der Waals surface area contributed by atoms with Crippen molar-refractivity contribution in [3.05, 3.63) is 35.6 Å². The Morgan fingerprint density at radius 2 is 1.93 bits per heavy atom. The number of rotatable bonds is 7. The lowest BCUT2D eigenvalue weighted by molar-refractivity contribution is -0.131.